The van der Waals surface area contributed by atoms with Crippen LogP contribution in [0.1, 0.15) is 15.8 Å². The van der Waals surface area contributed by atoms with E-state index >= 15 is 0 Å². The van der Waals surface area contributed by atoms with Gasteiger partial charge in [-0.1, -0.05) is 6.04 Å². The summed E-state index contributed by atoms with van der Waals surface area (Å²) in [6.45, 7) is 0. The molecule has 3 heteroatoms. The second-order valence-electron chi connectivity index (χ2n) is 1.49. The van der Waals surface area contributed by atoms with Crippen LogP contribution in [0.5, 0.6) is 0 Å². The van der Waals surface area contributed by atoms with Gasteiger partial charge in [-0.2, -0.15) is 0 Å². The summed E-state index contributed by atoms with van der Waals surface area (Å²) in [6.07, 6.45) is 0. The molecule has 0 bridgehead atoms. The predicted molar refractivity (Wildman–Crippen MR) is 33.4 cm³/mol. The standard InChI is InChI=1S/C7H5FO2/c8-6-3-1-2-5(4-6)7(9)10/h1-4H,(H,9,10)/i1D,2D,3D,4D. The lowest BCUT2D eigenvalue weighted by Crippen LogP contribution is -1.95. The first-order valence-electron chi connectivity index (χ1n) is 4.37. The largest absolute Gasteiger partial charge is 0.478 e. The van der Waals surface area contributed by atoms with Crippen molar-refractivity contribution in [2.24, 2.45) is 0 Å². The Morgan fingerprint density at radius 2 is 2.40 bits per heavy atom. The average molecular weight is 144 g/mol. The summed E-state index contributed by atoms with van der Waals surface area (Å²) < 4.78 is 41.1. The molecule has 0 heterocycles. The molecule has 0 radical (unpaired) electrons. The van der Waals surface area contributed by atoms with Crippen LogP contribution < -0.4 is 0 Å². The lowest BCUT2D eigenvalue weighted by molar-refractivity contribution is 0.0696. The summed E-state index contributed by atoms with van der Waals surface area (Å²) in [7, 11) is 0. The maximum atomic E-state index is 13.0. The summed E-state index contributed by atoms with van der Waals surface area (Å²) in [5.41, 5.74) is -0.886. The molecular formula is C7H5FO2. The molecule has 0 aliphatic heterocycles. The van der Waals surface area contributed by atoms with Gasteiger partial charge in [0.25, 0.3) is 0 Å². The van der Waals surface area contributed by atoms with Crippen molar-refractivity contribution in [3.05, 3.63) is 35.6 Å². The third-order valence-electron chi connectivity index (χ3n) is 0.808. The summed E-state index contributed by atoms with van der Waals surface area (Å²) >= 11 is 0. The van der Waals surface area contributed by atoms with E-state index in [2.05, 4.69) is 0 Å². The third-order valence-corrected chi connectivity index (χ3v) is 0.808. The first-order valence-corrected chi connectivity index (χ1v) is 2.37. The topological polar surface area (TPSA) is 37.3 Å². The fourth-order valence-corrected chi connectivity index (χ4v) is 0.428. The van der Waals surface area contributed by atoms with Crippen LogP contribution in [-0.2, 0) is 0 Å². The van der Waals surface area contributed by atoms with Crippen LogP contribution >= 0.6 is 0 Å². The van der Waals surface area contributed by atoms with E-state index in [1.165, 1.54) is 0 Å². The number of halogens is 1. The van der Waals surface area contributed by atoms with E-state index in [0.717, 1.165) is 0 Å². The van der Waals surface area contributed by atoms with Gasteiger partial charge in [-0.25, -0.2) is 9.18 Å². The normalized spacial score (nSPS) is 14.9. The highest BCUT2D eigenvalue weighted by Gasteiger charge is 2.01. The smallest absolute Gasteiger partial charge is 0.335 e. The number of aromatic carboxylic acids is 1. The second-order valence-corrected chi connectivity index (χ2v) is 1.49. The van der Waals surface area contributed by atoms with Crippen molar-refractivity contribution in [1.82, 2.24) is 0 Å². The van der Waals surface area contributed by atoms with Crippen LogP contribution in [0.4, 0.5) is 4.39 Å². The summed E-state index contributed by atoms with van der Waals surface area (Å²) in [5.74, 6) is -3.03. The number of carboxylic acid groups (broad SMARTS) is 1. The Morgan fingerprint density at radius 1 is 1.70 bits per heavy atom. The van der Waals surface area contributed by atoms with Crippen LogP contribution in [-0.4, -0.2) is 11.1 Å². The lowest BCUT2D eigenvalue weighted by Gasteiger charge is -1.91. The van der Waals surface area contributed by atoms with Crippen molar-refractivity contribution in [3.63, 3.8) is 0 Å². The van der Waals surface area contributed by atoms with Gasteiger partial charge in [-0.05, 0) is 18.1 Å². The first-order chi connectivity index (χ1) is 6.37. The molecule has 0 unspecified atom stereocenters. The Balaban J connectivity index is 3.68. The molecule has 0 fully saturated rings. The number of carboxylic acids is 1. The highest BCUT2D eigenvalue weighted by atomic mass is 19.1. The predicted octanol–water partition coefficient (Wildman–Crippen LogP) is 1.52. The van der Waals surface area contributed by atoms with Crippen LogP contribution in [0, 0.1) is 5.82 Å². The zero-order valence-electron chi connectivity index (χ0n) is 8.73. The maximum absolute atomic E-state index is 13.0. The molecule has 0 aromatic heterocycles. The van der Waals surface area contributed by atoms with Crippen LogP contribution in [0.15, 0.2) is 24.2 Å². The SMILES string of the molecule is [2H]c1c([2H])c(F)c([2H])c(C(=O)O)c1[2H]. The molecule has 52 valence electrons. The van der Waals surface area contributed by atoms with Gasteiger partial charge in [0.05, 0.1) is 11.0 Å². The third kappa shape index (κ3) is 1.31. The summed E-state index contributed by atoms with van der Waals surface area (Å²) in [4.78, 5) is 10.5. The molecule has 1 rings (SSSR count). The van der Waals surface area contributed by atoms with E-state index in [0.29, 0.717) is 0 Å². The summed E-state index contributed by atoms with van der Waals surface area (Å²) in [6, 6.07) is -3.58. The van der Waals surface area contributed by atoms with Crippen molar-refractivity contribution in [3.8, 4) is 0 Å². The molecule has 1 aromatic rings. The molecule has 0 amide bonds. The second kappa shape index (κ2) is 2.47. The Labute approximate surface area is 62.5 Å². The highest BCUT2D eigenvalue weighted by molar-refractivity contribution is 5.87. The Hall–Kier alpha value is -1.38. The van der Waals surface area contributed by atoms with Gasteiger partial charge in [-0.3, -0.25) is 0 Å². The van der Waals surface area contributed by atoms with E-state index in [4.69, 9.17) is 10.6 Å². The number of hydrogen-bond donors (Lipinski definition) is 1. The monoisotopic (exact) mass is 144 g/mol. The molecule has 0 atom stereocenters. The molecule has 1 aromatic carbocycles. The fraction of sp³-hybridized carbons (Fsp3) is 0. The Kier molecular flexibility index (Phi) is 0.777. The Bertz CT molecular complexity index is 390. The minimum atomic E-state index is -1.65. The summed E-state index contributed by atoms with van der Waals surface area (Å²) in [5, 5.41) is 8.54. The molecule has 10 heavy (non-hydrogen) atoms. The quantitative estimate of drug-likeness (QED) is 0.648. The van der Waals surface area contributed by atoms with Gasteiger partial charge in [-0.15, -0.1) is 0 Å². The number of benzene rings is 1. The van der Waals surface area contributed by atoms with Gasteiger partial charge < -0.3 is 5.11 Å². The van der Waals surface area contributed by atoms with Gasteiger partial charge >= 0.3 is 5.97 Å². The first kappa shape index (κ1) is 3.14. The average Bonchev–Trinajstić information content (AvgIpc) is 2.11. The van der Waals surface area contributed by atoms with Crippen molar-refractivity contribution in [2.45, 2.75) is 0 Å². The molecule has 2 nitrogen and oxygen atoms in total. The molecule has 0 spiro atoms. The van der Waals surface area contributed by atoms with Crippen LogP contribution in [0.3, 0.4) is 0 Å². The molecule has 0 saturated heterocycles. The highest BCUT2D eigenvalue weighted by Crippen LogP contribution is 2.02. The van der Waals surface area contributed by atoms with Gasteiger partial charge in [0.15, 0.2) is 0 Å². The molecule has 1 N–H and O–H groups in total. The Morgan fingerprint density at radius 3 is 3.00 bits per heavy atom. The molecule has 0 aliphatic carbocycles. The molecule has 0 saturated carbocycles. The maximum Gasteiger partial charge on any atom is 0.335 e. The van der Waals surface area contributed by atoms with Gasteiger partial charge in [0, 0.05) is 0 Å². The molecular weight excluding hydrogens is 135 g/mol. The fourth-order valence-electron chi connectivity index (χ4n) is 0.428. The van der Waals surface area contributed by atoms with Gasteiger partial charge in [0.2, 0.25) is 0 Å². The van der Waals surface area contributed by atoms with Crippen LogP contribution in [0.2, 0.25) is 0 Å². The lowest BCUT2D eigenvalue weighted by atomic mass is 10.2. The van der Waals surface area contributed by atoms with E-state index in [9.17, 15) is 9.18 Å². The van der Waals surface area contributed by atoms with E-state index in [-0.39, 0.29) is 0 Å². The van der Waals surface area contributed by atoms with E-state index in [1.807, 2.05) is 0 Å². The minimum absolute atomic E-state index is 0.811. The van der Waals surface area contributed by atoms with E-state index in [1.54, 1.807) is 0 Å². The number of carbonyl (C=O) groups is 1. The van der Waals surface area contributed by atoms with Crippen molar-refractivity contribution >= 4 is 5.97 Å². The minimum Gasteiger partial charge on any atom is -0.478 e. The zero-order valence-corrected chi connectivity index (χ0v) is 4.73. The molecule has 0 aliphatic rings. The van der Waals surface area contributed by atoms with Crippen LogP contribution in [0.25, 0.3) is 0 Å². The van der Waals surface area contributed by atoms with E-state index < -0.39 is 41.5 Å². The zero-order chi connectivity index (χ0) is 11.0. The van der Waals surface area contributed by atoms with Crippen molar-refractivity contribution in [1.29, 1.82) is 0 Å². The van der Waals surface area contributed by atoms with Crippen molar-refractivity contribution < 1.29 is 19.8 Å². The number of rotatable bonds is 1. The van der Waals surface area contributed by atoms with Crippen molar-refractivity contribution in [2.75, 3.05) is 0 Å². The number of hydrogen-bond acceptors (Lipinski definition) is 1. The van der Waals surface area contributed by atoms with Gasteiger partial charge in [0.1, 0.15) is 5.82 Å².